The Kier molecular flexibility index (Phi) is 2.84. The van der Waals surface area contributed by atoms with Gasteiger partial charge in [-0.2, -0.15) is 0 Å². The zero-order valence-electron chi connectivity index (χ0n) is 6.45. The van der Waals surface area contributed by atoms with Crippen LogP contribution in [0.1, 0.15) is 6.92 Å². The summed E-state index contributed by atoms with van der Waals surface area (Å²) in [6, 6.07) is 0. The normalized spacial score (nSPS) is 27.9. The fourth-order valence-corrected chi connectivity index (χ4v) is 0.954. The van der Waals surface area contributed by atoms with Crippen molar-refractivity contribution in [3.8, 4) is 0 Å². The van der Waals surface area contributed by atoms with Crippen LogP contribution >= 0.6 is 0 Å². The molecule has 64 valence electrons. The molecule has 0 aromatic heterocycles. The van der Waals surface area contributed by atoms with Gasteiger partial charge in [0.1, 0.15) is 0 Å². The van der Waals surface area contributed by atoms with Crippen LogP contribution < -0.4 is 0 Å². The number of hydrogen-bond acceptors (Lipinski definition) is 3. The number of carboxylic acids is 1. The van der Waals surface area contributed by atoms with E-state index in [2.05, 4.69) is 0 Å². The molecule has 0 bridgehead atoms. The molecule has 2 unspecified atom stereocenters. The van der Waals surface area contributed by atoms with Crippen molar-refractivity contribution in [3.05, 3.63) is 0 Å². The van der Waals surface area contributed by atoms with Crippen molar-refractivity contribution in [1.82, 2.24) is 0 Å². The standard InChI is InChI=1S/C7H12O4/c1-5(7(8)9)6-4-10-2-3-11-6/h5-6H,2-4H2,1H3,(H,8,9). The molecular formula is C7H12O4. The zero-order valence-corrected chi connectivity index (χ0v) is 6.45. The van der Waals surface area contributed by atoms with Gasteiger partial charge in [-0.05, 0) is 6.92 Å². The number of hydrogen-bond donors (Lipinski definition) is 1. The van der Waals surface area contributed by atoms with Crippen molar-refractivity contribution < 1.29 is 19.4 Å². The molecule has 4 nitrogen and oxygen atoms in total. The van der Waals surface area contributed by atoms with Crippen LogP contribution in [0.2, 0.25) is 0 Å². The third-order valence-corrected chi connectivity index (χ3v) is 1.79. The second kappa shape index (κ2) is 3.69. The molecule has 11 heavy (non-hydrogen) atoms. The molecule has 0 amide bonds. The summed E-state index contributed by atoms with van der Waals surface area (Å²) in [5, 5.41) is 8.60. The maximum Gasteiger partial charge on any atom is 0.308 e. The maximum absolute atomic E-state index is 10.5. The summed E-state index contributed by atoms with van der Waals surface area (Å²) in [7, 11) is 0. The Morgan fingerprint density at radius 3 is 2.82 bits per heavy atom. The Labute approximate surface area is 65.1 Å². The van der Waals surface area contributed by atoms with E-state index in [4.69, 9.17) is 14.6 Å². The Bertz CT molecular complexity index is 139. The lowest BCUT2D eigenvalue weighted by atomic mass is 10.1. The molecule has 1 rings (SSSR count). The van der Waals surface area contributed by atoms with Gasteiger partial charge >= 0.3 is 5.97 Å². The summed E-state index contributed by atoms with van der Waals surface area (Å²) in [5.41, 5.74) is 0. The molecule has 0 aliphatic carbocycles. The fourth-order valence-electron chi connectivity index (χ4n) is 0.954. The third-order valence-electron chi connectivity index (χ3n) is 1.79. The molecule has 1 heterocycles. The minimum atomic E-state index is -0.833. The smallest absolute Gasteiger partial charge is 0.308 e. The minimum absolute atomic E-state index is 0.277. The van der Waals surface area contributed by atoms with Gasteiger partial charge in [-0.3, -0.25) is 4.79 Å². The molecule has 0 aromatic carbocycles. The van der Waals surface area contributed by atoms with Gasteiger partial charge in [-0.1, -0.05) is 0 Å². The molecule has 1 saturated heterocycles. The quantitative estimate of drug-likeness (QED) is 0.623. The molecule has 1 aliphatic rings. The van der Waals surface area contributed by atoms with Crippen molar-refractivity contribution in [3.63, 3.8) is 0 Å². The van der Waals surface area contributed by atoms with Crippen LogP contribution in [0.5, 0.6) is 0 Å². The van der Waals surface area contributed by atoms with Gasteiger partial charge in [-0.25, -0.2) is 0 Å². The Hall–Kier alpha value is -0.610. The molecule has 1 N–H and O–H groups in total. The van der Waals surface area contributed by atoms with Crippen LogP contribution in [0, 0.1) is 5.92 Å². The second-order valence-electron chi connectivity index (χ2n) is 2.61. The van der Waals surface area contributed by atoms with Gasteiger partial charge in [0.05, 0.1) is 31.8 Å². The predicted molar refractivity (Wildman–Crippen MR) is 37.4 cm³/mol. The highest BCUT2D eigenvalue weighted by Gasteiger charge is 2.26. The fraction of sp³-hybridized carbons (Fsp3) is 0.857. The van der Waals surface area contributed by atoms with Crippen molar-refractivity contribution in [2.24, 2.45) is 5.92 Å². The van der Waals surface area contributed by atoms with Crippen LogP contribution in [0.15, 0.2) is 0 Å². The molecule has 1 aliphatic heterocycles. The number of aliphatic carboxylic acids is 1. The highest BCUT2D eigenvalue weighted by Crippen LogP contribution is 2.11. The van der Waals surface area contributed by atoms with Crippen LogP contribution in [-0.4, -0.2) is 37.0 Å². The largest absolute Gasteiger partial charge is 0.481 e. The van der Waals surface area contributed by atoms with E-state index in [1.165, 1.54) is 0 Å². The van der Waals surface area contributed by atoms with Crippen molar-refractivity contribution in [2.75, 3.05) is 19.8 Å². The lowest BCUT2D eigenvalue weighted by Crippen LogP contribution is -2.37. The SMILES string of the molecule is CC(C(=O)O)C1COCCO1. The summed E-state index contributed by atoms with van der Waals surface area (Å²) in [6.07, 6.45) is -0.277. The molecule has 0 aromatic rings. The third kappa shape index (κ3) is 2.17. The van der Waals surface area contributed by atoms with E-state index in [0.717, 1.165) is 0 Å². The van der Waals surface area contributed by atoms with Gasteiger partial charge in [0, 0.05) is 0 Å². The molecule has 1 fully saturated rings. The van der Waals surface area contributed by atoms with Crippen LogP contribution in [-0.2, 0) is 14.3 Å². The van der Waals surface area contributed by atoms with Crippen LogP contribution in [0.3, 0.4) is 0 Å². The van der Waals surface area contributed by atoms with E-state index in [9.17, 15) is 4.79 Å². The van der Waals surface area contributed by atoms with E-state index < -0.39 is 11.9 Å². The molecule has 4 heteroatoms. The van der Waals surface area contributed by atoms with Crippen LogP contribution in [0.25, 0.3) is 0 Å². The molecule has 0 spiro atoms. The zero-order chi connectivity index (χ0) is 8.27. The lowest BCUT2D eigenvalue weighted by Gasteiger charge is -2.25. The average Bonchev–Trinajstić information content (AvgIpc) is 2.05. The van der Waals surface area contributed by atoms with Crippen molar-refractivity contribution >= 4 is 5.97 Å². The highest BCUT2D eigenvalue weighted by molar-refractivity contribution is 5.70. The number of carboxylic acid groups (broad SMARTS) is 1. The number of carbonyl (C=O) groups is 1. The monoisotopic (exact) mass is 160 g/mol. The first-order valence-electron chi connectivity index (χ1n) is 3.64. The molecule has 0 saturated carbocycles. The van der Waals surface area contributed by atoms with E-state index >= 15 is 0 Å². The van der Waals surface area contributed by atoms with Gasteiger partial charge in [0.25, 0.3) is 0 Å². The van der Waals surface area contributed by atoms with Gasteiger partial charge in [0.15, 0.2) is 0 Å². The summed E-state index contributed by atoms with van der Waals surface area (Å²) >= 11 is 0. The van der Waals surface area contributed by atoms with Crippen LogP contribution in [0.4, 0.5) is 0 Å². The molecule has 0 radical (unpaired) electrons. The predicted octanol–water partition coefficient (Wildman–Crippen LogP) is 0.122. The Balaban J connectivity index is 2.38. The first-order valence-corrected chi connectivity index (χ1v) is 3.64. The van der Waals surface area contributed by atoms with E-state index in [1.807, 2.05) is 0 Å². The lowest BCUT2D eigenvalue weighted by molar-refractivity contribution is -0.156. The van der Waals surface area contributed by atoms with Crippen molar-refractivity contribution in [2.45, 2.75) is 13.0 Å². The summed E-state index contributed by atoms with van der Waals surface area (Å²) < 4.78 is 10.3. The molecule has 2 atom stereocenters. The minimum Gasteiger partial charge on any atom is -0.481 e. The summed E-state index contributed by atoms with van der Waals surface area (Å²) in [4.78, 5) is 10.5. The van der Waals surface area contributed by atoms with Gasteiger partial charge in [0.2, 0.25) is 0 Å². The Morgan fingerprint density at radius 1 is 1.64 bits per heavy atom. The summed E-state index contributed by atoms with van der Waals surface area (Å²) in [5.74, 6) is -1.31. The van der Waals surface area contributed by atoms with E-state index in [0.29, 0.717) is 19.8 Å². The first kappa shape index (κ1) is 8.49. The summed E-state index contributed by atoms with van der Waals surface area (Å²) in [6.45, 7) is 3.10. The maximum atomic E-state index is 10.5. The topological polar surface area (TPSA) is 55.8 Å². The number of ether oxygens (including phenoxy) is 2. The Morgan fingerprint density at radius 2 is 2.36 bits per heavy atom. The average molecular weight is 160 g/mol. The van der Waals surface area contributed by atoms with Gasteiger partial charge < -0.3 is 14.6 Å². The first-order chi connectivity index (χ1) is 5.22. The van der Waals surface area contributed by atoms with E-state index in [-0.39, 0.29) is 6.10 Å². The van der Waals surface area contributed by atoms with Gasteiger partial charge in [-0.15, -0.1) is 0 Å². The van der Waals surface area contributed by atoms with E-state index in [1.54, 1.807) is 6.92 Å². The molecular weight excluding hydrogens is 148 g/mol. The van der Waals surface area contributed by atoms with Crippen molar-refractivity contribution in [1.29, 1.82) is 0 Å². The second-order valence-corrected chi connectivity index (χ2v) is 2.61. The number of rotatable bonds is 2. The highest BCUT2D eigenvalue weighted by atomic mass is 16.6.